The highest BCUT2D eigenvalue weighted by molar-refractivity contribution is 5.95. The Morgan fingerprint density at radius 1 is 1.24 bits per heavy atom. The zero-order chi connectivity index (χ0) is 17.8. The number of amides is 1. The first-order valence-electron chi connectivity index (χ1n) is 7.97. The molecule has 1 amide bonds. The van der Waals surface area contributed by atoms with Crippen LogP contribution < -0.4 is 5.32 Å². The molecule has 1 aromatic carbocycles. The summed E-state index contributed by atoms with van der Waals surface area (Å²) < 4.78 is 1.76. The molecular weight excluding hydrogens is 312 g/mol. The Hall–Kier alpha value is -3.39. The minimum Gasteiger partial charge on any atom is -0.345 e. The number of pyridine rings is 1. The lowest BCUT2D eigenvalue weighted by molar-refractivity contribution is 0.0943. The molecule has 0 spiro atoms. The zero-order valence-electron chi connectivity index (χ0n) is 14.2. The molecule has 0 aliphatic heterocycles. The fourth-order valence-electron chi connectivity index (χ4n) is 2.79. The number of nitrogens with one attached hydrogen (secondary N) is 1. The Morgan fingerprint density at radius 2 is 2.08 bits per heavy atom. The lowest BCUT2D eigenvalue weighted by Gasteiger charge is -2.13. The van der Waals surface area contributed by atoms with Gasteiger partial charge in [0.05, 0.1) is 17.8 Å². The first kappa shape index (κ1) is 16.5. The van der Waals surface area contributed by atoms with E-state index in [0.717, 1.165) is 22.5 Å². The van der Waals surface area contributed by atoms with E-state index in [4.69, 9.17) is 0 Å². The molecule has 0 radical (unpaired) electrons. The first-order valence-corrected chi connectivity index (χ1v) is 7.97. The summed E-state index contributed by atoms with van der Waals surface area (Å²) >= 11 is 0. The standard InChI is InChI=1S/C20H18N4O/c1-14-6-7-18(15(2)11-14)24-10-8-16(12-21)19(24)20(25)23-13-17-5-3-4-9-22-17/h3-11H,13H2,1-2H3,(H,23,25). The summed E-state index contributed by atoms with van der Waals surface area (Å²) in [6, 6.07) is 15.3. The van der Waals surface area contributed by atoms with E-state index < -0.39 is 0 Å². The molecule has 0 unspecified atom stereocenters. The molecule has 2 heterocycles. The molecule has 0 atom stereocenters. The highest BCUT2D eigenvalue weighted by Gasteiger charge is 2.19. The van der Waals surface area contributed by atoms with Gasteiger partial charge in [-0.3, -0.25) is 9.78 Å². The molecule has 0 aliphatic rings. The fourth-order valence-corrected chi connectivity index (χ4v) is 2.79. The van der Waals surface area contributed by atoms with Crippen LogP contribution in [0.15, 0.2) is 54.9 Å². The summed E-state index contributed by atoms with van der Waals surface area (Å²) in [4.78, 5) is 16.9. The molecule has 0 bridgehead atoms. The van der Waals surface area contributed by atoms with Gasteiger partial charge in [0.2, 0.25) is 0 Å². The first-order chi connectivity index (χ1) is 12.1. The molecule has 3 aromatic rings. The van der Waals surface area contributed by atoms with Gasteiger partial charge in [0, 0.05) is 18.1 Å². The Bertz CT molecular complexity index is 952. The molecule has 0 aliphatic carbocycles. The maximum absolute atomic E-state index is 12.7. The molecule has 2 aromatic heterocycles. The van der Waals surface area contributed by atoms with Crippen molar-refractivity contribution in [2.75, 3.05) is 0 Å². The van der Waals surface area contributed by atoms with Crippen LogP contribution in [0.4, 0.5) is 0 Å². The largest absolute Gasteiger partial charge is 0.345 e. The number of hydrogen-bond acceptors (Lipinski definition) is 3. The number of carbonyl (C=O) groups is 1. The van der Waals surface area contributed by atoms with Crippen LogP contribution in [0, 0.1) is 25.2 Å². The summed E-state index contributed by atoms with van der Waals surface area (Å²) in [7, 11) is 0. The lowest BCUT2D eigenvalue weighted by Crippen LogP contribution is -2.26. The van der Waals surface area contributed by atoms with E-state index in [0.29, 0.717) is 17.8 Å². The van der Waals surface area contributed by atoms with Crippen molar-refractivity contribution in [1.82, 2.24) is 14.9 Å². The van der Waals surface area contributed by atoms with Crippen LogP contribution in [0.3, 0.4) is 0 Å². The monoisotopic (exact) mass is 330 g/mol. The second-order valence-corrected chi connectivity index (χ2v) is 5.85. The number of nitrogens with zero attached hydrogens (tertiary/aromatic N) is 3. The van der Waals surface area contributed by atoms with E-state index >= 15 is 0 Å². The SMILES string of the molecule is Cc1ccc(-n2ccc(C#N)c2C(=O)NCc2ccccn2)c(C)c1. The Balaban J connectivity index is 1.93. The quantitative estimate of drug-likeness (QED) is 0.798. The number of hydrogen-bond donors (Lipinski definition) is 1. The van der Waals surface area contributed by atoms with E-state index in [1.807, 2.05) is 44.2 Å². The van der Waals surface area contributed by atoms with Crippen molar-refractivity contribution in [3.63, 3.8) is 0 Å². The Kier molecular flexibility index (Phi) is 4.62. The number of rotatable bonds is 4. The zero-order valence-corrected chi connectivity index (χ0v) is 14.2. The van der Waals surface area contributed by atoms with Gasteiger partial charge in [-0.25, -0.2) is 0 Å². The number of aryl methyl sites for hydroxylation is 2. The summed E-state index contributed by atoms with van der Waals surface area (Å²) in [5.41, 5.74) is 4.52. The predicted molar refractivity (Wildman–Crippen MR) is 95.4 cm³/mol. The normalized spacial score (nSPS) is 10.3. The molecule has 3 rings (SSSR count). The van der Waals surface area contributed by atoms with Gasteiger partial charge in [0.15, 0.2) is 0 Å². The van der Waals surface area contributed by atoms with E-state index in [9.17, 15) is 10.1 Å². The Labute approximate surface area is 146 Å². The highest BCUT2D eigenvalue weighted by atomic mass is 16.1. The van der Waals surface area contributed by atoms with Gasteiger partial charge < -0.3 is 9.88 Å². The maximum Gasteiger partial charge on any atom is 0.269 e. The number of benzene rings is 1. The van der Waals surface area contributed by atoms with Gasteiger partial charge in [0.25, 0.3) is 5.91 Å². The summed E-state index contributed by atoms with van der Waals surface area (Å²) in [5, 5.41) is 12.2. The van der Waals surface area contributed by atoms with Crippen molar-refractivity contribution < 1.29 is 4.79 Å². The predicted octanol–water partition coefficient (Wildman–Crippen LogP) is 3.29. The molecular formula is C20H18N4O. The van der Waals surface area contributed by atoms with Crippen LogP contribution in [0.1, 0.15) is 32.9 Å². The van der Waals surface area contributed by atoms with Gasteiger partial charge >= 0.3 is 0 Å². The van der Waals surface area contributed by atoms with Crippen molar-refractivity contribution in [1.29, 1.82) is 5.26 Å². The molecule has 124 valence electrons. The van der Waals surface area contributed by atoms with Gasteiger partial charge in [0.1, 0.15) is 11.8 Å². The van der Waals surface area contributed by atoms with Crippen LogP contribution in [0.25, 0.3) is 5.69 Å². The number of aromatic nitrogens is 2. The van der Waals surface area contributed by atoms with Gasteiger partial charge in [-0.1, -0.05) is 23.8 Å². The molecule has 25 heavy (non-hydrogen) atoms. The van der Waals surface area contributed by atoms with Crippen LogP contribution in [-0.4, -0.2) is 15.5 Å². The topological polar surface area (TPSA) is 70.7 Å². The third-order valence-electron chi connectivity index (χ3n) is 3.99. The van der Waals surface area contributed by atoms with E-state index in [-0.39, 0.29) is 5.91 Å². The summed E-state index contributed by atoms with van der Waals surface area (Å²) in [5.74, 6) is -0.299. The summed E-state index contributed by atoms with van der Waals surface area (Å²) in [6.07, 6.45) is 3.44. The number of carbonyl (C=O) groups excluding carboxylic acids is 1. The van der Waals surface area contributed by atoms with E-state index in [1.54, 1.807) is 23.0 Å². The van der Waals surface area contributed by atoms with Crippen molar-refractivity contribution in [2.24, 2.45) is 0 Å². The smallest absolute Gasteiger partial charge is 0.269 e. The minimum absolute atomic E-state index is 0.299. The van der Waals surface area contributed by atoms with Crippen molar-refractivity contribution in [2.45, 2.75) is 20.4 Å². The van der Waals surface area contributed by atoms with Crippen LogP contribution in [-0.2, 0) is 6.54 Å². The second kappa shape index (κ2) is 7.02. The minimum atomic E-state index is -0.299. The Morgan fingerprint density at radius 3 is 2.76 bits per heavy atom. The maximum atomic E-state index is 12.7. The highest BCUT2D eigenvalue weighted by Crippen LogP contribution is 2.21. The average molecular weight is 330 g/mol. The third kappa shape index (κ3) is 3.43. The van der Waals surface area contributed by atoms with Crippen molar-refractivity contribution in [3.8, 4) is 11.8 Å². The molecule has 1 N–H and O–H groups in total. The van der Waals surface area contributed by atoms with Crippen molar-refractivity contribution >= 4 is 5.91 Å². The summed E-state index contributed by atoms with van der Waals surface area (Å²) in [6.45, 7) is 4.32. The van der Waals surface area contributed by atoms with Crippen molar-refractivity contribution in [3.05, 3.63) is 82.9 Å². The number of nitriles is 1. The molecule has 5 heteroatoms. The third-order valence-corrected chi connectivity index (χ3v) is 3.99. The van der Waals surface area contributed by atoms with Crippen LogP contribution in [0.2, 0.25) is 0 Å². The second-order valence-electron chi connectivity index (χ2n) is 5.85. The molecule has 5 nitrogen and oxygen atoms in total. The van der Waals surface area contributed by atoms with Gasteiger partial charge in [-0.05, 0) is 43.7 Å². The molecule has 0 saturated carbocycles. The molecule has 0 saturated heterocycles. The van der Waals surface area contributed by atoms with Crippen LogP contribution >= 0.6 is 0 Å². The average Bonchev–Trinajstić information content (AvgIpc) is 3.04. The van der Waals surface area contributed by atoms with E-state index in [2.05, 4.69) is 22.4 Å². The van der Waals surface area contributed by atoms with Gasteiger partial charge in [-0.15, -0.1) is 0 Å². The lowest BCUT2D eigenvalue weighted by atomic mass is 10.1. The van der Waals surface area contributed by atoms with Gasteiger partial charge in [-0.2, -0.15) is 5.26 Å². The fraction of sp³-hybridized carbons (Fsp3) is 0.150. The van der Waals surface area contributed by atoms with E-state index in [1.165, 1.54) is 0 Å². The molecule has 0 fully saturated rings. The van der Waals surface area contributed by atoms with Crippen LogP contribution in [0.5, 0.6) is 0 Å².